The molecule has 2 amide bonds. The van der Waals surface area contributed by atoms with Crippen LogP contribution in [0.1, 0.15) is 35.7 Å². The second-order valence-corrected chi connectivity index (χ2v) is 6.85. The summed E-state index contributed by atoms with van der Waals surface area (Å²) in [5.41, 5.74) is 0.764. The minimum Gasteiger partial charge on any atom is -0.368 e. The Balaban J connectivity index is 1.61. The highest BCUT2D eigenvalue weighted by molar-refractivity contribution is 5.98. The Labute approximate surface area is 162 Å². The van der Waals surface area contributed by atoms with Crippen LogP contribution in [-0.2, 0) is 16.0 Å². The number of nitrogens with one attached hydrogen (secondary N) is 2. The first-order valence-electron chi connectivity index (χ1n) is 9.20. The van der Waals surface area contributed by atoms with E-state index >= 15 is 0 Å². The lowest BCUT2D eigenvalue weighted by molar-refractivity contribution is -0.124. The van der Waals surface area contributed by atoms with Crippen LogP contribution in [-0.4, -0.2) is 30.6 Å². The lowest BCUT2D eigenvalue weighted by Gasteiger charge is -2.16. The van der Waals surface area contributed by atoms with E-state index in [1.807, 2.05) is 0 Å². The first-order chi connectivity index (χ1) is 13.4. The molecule has 1 saturated heterocycles. The second-order valence-electron chi connectivity index (χ2n) is 6.85. The van der Waals surface area contributed by atoms with Gasteiger partial charge in [0.25, 0.3) is 11.8 Å². The van der Waals surface area contributed by atoms with Crippen molar-refractivity contribution in [2.24, 2.45) is 0 Å². The summed E-state index contributed by atoms with van der Waals surface area (Å²) in [5, 5.41) is 5.47. The van der Waals surface area contributed by atoms with E-state index in [1.54, 1.807) is 31.2 Å². The summed E-state index contributed by atoms with van der Waals surface area (Å²) in [4.78, 5) is 24.6. The molecule has 2 unspecified atom stereocenters. The molecule has 2 aromatic carbocycles. The van der Waals surface area contributed by atoms with Gasteiger partial charge in [0, 0.05) is 29.5 Å². The first-order valence-corrected chi connectivity index (χ1v) is 9.20. The normalized spacial score (nSPS) is 17.2. The Kier molecular flexibility index (Phi) is 6.36. The molecule has 0 aromatic heterocycles. The van der Waals surface area contributed by atoms with Gasteiger partial charge in [-0.05, 0) is 56.5 Å². The lowest BCUT2D eigenvalue weighted by atomic mass is 10.1. The zero-order chi connectivity index (χ0) is 20.1. The summed E-state index contributed by atoms with van der Waals surface area (Å²) in [6.45, 7) is 2.24. The van der Waals surface area contributed by atoms with Gasteiger partial charge in [-0.25, -0.2) is 8.78 Å². The molecule has 2 N–H and O–H groups in total. The number of carbonyl (C=O) groups is 2. The highest BCUT2D eigenvalue weighted by Gasteiger charge is 2.23. The van der Waals surface area contributed by atoms with Crippen molar-refractivity contribution in [2.75, 3.05) is 11.9 Å². The van der Waals surface area contributed by atoms with Crippen molar-refractivity contribution in [1.29, 1.82) is 0 Å². The number of hydrogen-bond acceptors (Lipinski definition) is 3. The number of carbonyl (C=O) groups excluding carboxylic acids is 2. The van der Waals surface area contributed by atoms with Gasteiger partial charge >= 0.3 is 0 Å². The van der Waals surface area contributed by atoms with Gasteiger partial charge in [-0.2, -0.15) is 0 Å². The number of ether oxygens (including phenoxy) is 1. The number of hydrogen-bond donors (Lipinski definition) is 2. The van der Waals surface area contributed by atoms with Gasteiger partial charge in [0.05, 0.1) is 0 Å². The predicted octanol–water partition coefficient (Wildman–Crippen LogP) is 3.44. The molecule has 28 heavy (non-hydrogen) atoms. The lowest BCUT2D eigenvalue weighted by Crippen LogP contribution is -2.34. The fourth-order valence-electron chi connectivity index (χ4n) is 3.14. The second kappa shape index (κ2) is 8.93. The van der Waals surface area contributed by atoms with Gasteiger partial charge in [0.1, 0.15) is 17.7 Å². The third-order valence-corrected chi connectivity index (χ3v) is 4.56. The molecule has 0 aliphatic carbocycles. The Hall–Kier alpha value is -2.80. The zero-order valence-electron chi connectivity index (χ0n) is 15.5. The average Bonchev–Trinajstić information content (AvgIpc) is 3.20. The van der Waals surface area contributed by atoms with Gasteiger partial charge in [-0.15, -0.1) is 0 Å². The molecular formula is C21H22F2N2O3. The zero-order valence-corrected chi connectivity index (χ0v) is 15.5. The molecule has 0 radical (unpaired) electrons. The third-order valence-electron chi connectivity index (χ3n) is 4.56. The highest BCUT2D eigenvalue weighted by Crippen LogP contribution is 2.17. The van der Waals surface area contributed by atoms with Crippen molar-refractivity contribution in [2.45, 2.75) is 38.3 Å². The standard InChI is InChI=1S/C21H22F2N2O3/c1-13(11-16-17(22)7-3-8-18(16)23)24-20(26)14-5-2-6-15(12-14)25-21(27)19-9-4-10-28-19/h2-3,5-8,12-13,19H,4,9-11H2,1H3,(H,24,26)(H,25,27). The van der Waals surface area contributed by atoms with Gasteiger partial charge in [0.2, 0.25) is 0 Å². The van der Waals surface area contributed by atoms with Crippen LogP contribution in [0.15, 0.2) is 42.5 Å². The summed E-state index contributed by atoms with van der Waals surface area (Å²) in [7, 11) is 0. The van der Waals surface area contributed by atoms with Crippen LogP contribution in [0.2, 0.25) is 0 Å². The Morgan fingerprint density at radius 1 is 1.18 bits per heavy atom. The van der Waals surface area contributed by atoms with E-state index in [0.717, 1.165) is 6.42 Å². The van der Waals surface area contributed by atoms with Gasteiger partial charge in [-0.3, -0.25) is 9.59 Å². The van der Waals surface area contributed by atoms with Gasteiger partial charge in [0.15, 0.2) is 0 Å². The fraction of sp³-hybridized carbons (Fsp3) is 0.333. The molecule has 148 valence electrons. The molecule has 2 aromatic rings. The maximum atomic E-state index is 13.8. The molecule has 0 saturated carbocycles. The van der Waals surface area contributed by atoms with Crippen LogP contribution >= 0.6 is 0 Å². The summed E-state index contributed by atoms with van der Waals surface area (Å²) >= 11 is 0. The minimum atomic E-state index is -0.639. The number of rotatable bonds is 6. The summed E-state index contributed by atoms with van der Waals surface area (Å²) < 4.78 is 32.9. The molecule has 0 bridgehead atoms. The Morgan fingerprint density at radius 2 is 1.89 bits per heavy atom. The number of anilines is 1. The van der Waals surface area contributed by atoms with Crippen molar-refractivity contribution in [3.63, 3.8) is 0 Å². The van der Waals surface area contributed by atoms with Gasteiger partial charge < -0.3 is 15.4 Å². The maximum Gasteiger partial charge on any atom is 0.253 e. The van der Waals surface area contributed by atoms with Crippen LogP contribution in [0.25, 0.3) is 0 Å². The van der Waals surface area contributed by atoms with Crippen LogP contribution in [0.5, 0.6) is 0 Å². The molecule has 2 atom stereocenters. The van der Waals surface area contributed by atoms with E-state index in [2.05, 4.69) is 10.6 Å². The van der Waals surface area contributed by atoms with Crippen molar-refractivity contribution >= 4 is 17.5 Å². The molecule has 1 aliphatic heterocycles. The molecular weight excluding hydrogens is 366 g/mol. The van der Waals surface area contributed by atoms with E-state index in [-0.39, 0.29) is 17.9 Å². The van der Waals surface area contributed by atoms with Crippen molar-refractivity contribution in [3.8, 4) is 0 Å². The van der Waals surface area contributed by atoms with Crippen molar-refractivity contribution in [3.05, 3.63) is 65.2 Å². The first kappa shape index (κ1) is 19.9. The molecule has 7 heteroatoms. The van der Waals surface area contributed by atoms with E-state index in [1.165, 1.54) is 18.2 Å². The highest BCUT2D eigenvalue weighted by atomic mass is 19.1. The minimum absolute atomic E-state index is 0.0275. The Morgan fingerprint density at radius 3 is 2.57 bits per heavy atom. The van der Waals surface area contributed by atoms with Crippen LogP contribution < -0.4 is 10.6 Å². The molecule has 1 aliphatic rings. The molecule has 3 rings (SSSR count). The Bertz CT molecular complexity index is 846. The molecule has 5 nitrogen and oxygen atoms in total. The number of benzene rings is 2. The largest absolute Gasteiger partial charge is 0.368 e. The number of halogens is 2. The maximum absolute atomic E-state index is 13.8. The van der Waals surface area contributed by atoms with E-state index in [9.17, 15) is 18.4 Å². The van der Waals surface area contributed by atoms with Crippen LogP contribution in [0.4, 0.5) is 14.5 Å². The van der Waals surface area contributed by atoms with Crippen LogP contribution in [0, 0.1) is 11.6 Å². The summed E-state index contributed by atoms with van der Waals surface area (Å²) in [6, 6.07) is 9.69. The van der Waals surface area contributed by atoms with Gasteiger partial charge in [-0.1, -0.05) is 12.1 Å². The molecule has 1 fully saturated rings. The van der Waals surface area contributed by atoms with E-state index in [4.69, 9.17) is 4.74 Å². The van der Waals surface area contributed by atoms with Crippen molar-refractivity contribution in [1.82, 2.24) is 5.32 Å². The quantitative estimate of drug-likeness (QED) is 0.797. The van der Waals surface area contributed by atoms with E-state index < -0.39 is 29.7 Å². The molecule has 1 heterocycles. The summed E-state index contributed by atoms with van der Waals surface area (Å²) in [6.07, 6.45) is 1.09. The summed E-state index contributed by atoms with van der Waals surface area (Å²) in [5.74, 6) is -1.91. The monoisotopic (exact) mass is 388 g/mol. The molecule has 0 spiro atoms. The van der Waals surface area contributed by atoms with Crippen molar-refractivity contribution < 1.29 is 23.1 Å². The number of amides is 2. The third kappa shape index (κ3) is 4.92. The van der Waals surface area contributed by atoms with Crippen LogP contribution in [0.3, 0.4) is 0 Å². The average molecular weight is 388 g/mol. The SMILES string of the molecule is CC(Cc1c(F)cccc1F)NC(=O)c1cccc(NC(=O)C2CCCO2)c1. The van der Waals surface area contributed by atoms with E-state index in [0.29, 0.717) is 24.3 Å². The fourth-order valence-corrected chi connectivity index (χ4v) is 3.14. The topological polar surface area (TPSA) is 67.4 Å². The smallest absolute Gasteiger partial charge is 0.253 e. The predicted molar refractivity (Wildman–Crippen MR) is 101 cm³/mol.